The summed E-state index contributed by atoms with van der Waals surface area (Å²) in [5.74, 6) is 1.67. The molecule has 1 aliphatic heterocycles. The Morgan fingerprint density at radius 2 is 2.04 bits per heavy atom. The van der Waals surface area contributed by atoms with Crippen LogP contribution in [0.15, 0.2) is 0 Å². The number of rotatable bonds is 5. The van der Waals surface area contributed by atoms with E-state index in [-0.39, 0.29) is 0 Å². The lowest BCUT2D eigenvalue weighted by molar-refractivity contribution is -0.139. The first-order valence-electron chi connectivity index (χ1n) is 10.2. The highest BCUT2D eigenvalue weighted by atomic mass is 16.2. The molecule has 2 heterocycles. The van der Waals surface area contributed by atoms with Crippen LogP contribution in [0.4, 0.5) is 0 Å². The van der Waals surface area contributed by atoms with E-state index >= 15 is 0 Å². The molecule has 0 bridgehead atoms. The molecular weight excluding hydrogens is 324 g/mol. The van der Waals surface area contributed by atoms with Gasteiger partial charge in [-0.1, -0.05) is 13.3 Å². The summed E-state index contributed by atoms with van der Waals surface area (Å²) in [4.78, 5) is 15.2. The van der Waals surface area contributed by atoms with Crippen LogP contribution < -0.4 is 0 Å². The molecule has 0 radical (unpaired) electrons. The minimum absolute atomic E-state index is 0.317. The summed E-state index contributed by atoms with van der Waals surface area (Å²) in [6.07, 6.45) is 8.12. The fraction of sp³-hybridized carbons (Fsp3) is 0.762. The normalized spacial score (nSPS) is 25.6. The quantitative estimate of drug-likeness (QED) is 0.807. The number of aromatic nitrogens is 2. The summed E-state index contributed by atoms with van der Waals surface area (Å²) in [6.45, 7) is 7.96. The number of nitrogens with zero attached hydrogens (tertiary/aromatic N) is 4. The number of hydrogen-bond acceptors (Lipinski definition) is 3. The number of hydrogen-bond donors (Lipinski definition) is 0. The molecule has 1 saturated carbocycles. The van der Waals surface area contributed by atoms with E-state index in [1.165, 1.54) is 31.2 Å². The predicted octanol–water partition coefficient (Wildman–Crippen LogP) is 3.77. The van der Waals surface area contributed by atoms with Crippen molar-refractivity contribution in [2.75, 3.05) is 6.54 Å². The Kier molecular flexibility index (Phi) is 6.01. The second-order valence-corrected chi connectivity index (χ2v) is 8.17. The third kappa shape index (κ3) is 3.79. The van der Waals surface area contributed by atoms with Gasteiger partial charge >= 0.3 is 0 Å². The Bertz CT molecular complexity index is 685. The number of fused-ring (bicyclic) bond motifs is 1. The molecule has 0 unspecified atom stereocenters. The molecule has 1 aromatic rings. The SMILES string of the molecule is Cc1nn(CCC#N)c(C)c1CCC(=O)N1CCC[C@@H]2CCC[C@H](C)[C@@H]21. The zero-order chi connectivity index (χ0) is 18.7. The van der Waals surface area contributed by atoms with Gasteiger partial charge in [-0.3, -0.25) is 9.48 Å². The van der Waals surface area contributed by atoms with Crippen molar-refractivity contribution in [2.24, 2.45) is 11.8 Å². The molecular formula is C21H32N4O. The summed E-state index contributed by atoms with van der Waals surface area (Å²) in [5, 5.41) is 13.3. The highest BCUT2D eigenvalue weighted by Crippen LogP contribution is 2.39. The van der Waals surface area contributed by atoms with Gasteiger partial charge in [0.05, 0.1) is 24.7 Å². The van der Waals surface area contributed by atoms with E-state index in [0.717, 1.165) is 30.8 Å². The van der Waals surface area contributed by atoms with Gasteiger partial charge in [-0.25, -0.2) is 0 Å². The Balaban J connectivity index is 1.65. The molecule has 0 N–H and O–H groups in total. The molecule has 0 aromatic carbocycles. The number of amides is 1. The topological polar surface area (TPSA) is 61.9 Å². The molecule has 3 rings (SSSR count). The molecule has 1 amide bonds. The van der Waals surface area contributed by atoms with Crippen molar-refractivity contribution in [1.29, 1.82) is 5.26 Å². The monoisotopic (exact) mass is 356 g/mol. The van der Waals surface area contributed by atoms with Crippen LogP contribution >= 0.6 is 0 Å². The van der Waals surface area contributed by atoms with Gasteiger partial charge in [0.25, 0.3) is 0 Å². The molecule has 1 saturated heterocycles. The molecule has 1 aromatic heterocycles. The van der Waals surface area contributed by atoms with E-state index in [2.05, 4.69) is 29.9 Å². The van der Waals surface area contributed by atoms with E-state index in [1.807, 2.05) is 11.6 Å². The van der Waals surface area contributed by atoms with Crippen molar-refractivity contribution >= 4 is 5.91 Å². The first kappa shape index (κ1) is 18.9. The first-order valence-corrected chi connectivity index (χ1v) is 10.2. The van der Waals surface area contributed by atoms with Crippen molar-refractivity contribution in [3.8, 4) is 6.07 Å². The Morgan fingerprint density at radius 1 is 1.27 bits per heavy atom. The second-order valence-electron chi connectivity index (χ2n) is 8.17. The Morgan fingerprint density at radius 3 is 2.81 bits per heavy atom. The van der Waals surface area contributed by atoms with Gasteiger partial charge in [-0.2, -0.15) is 10.4 Å². The third-order valence-corrected chi connectivity index (χ3v) is 6.51. The van der Waals surface area contributed by atoms with Gasteiger partial charge in [0.1, 0.15) is 0 Å². The van der Waals surface area contributed by atoms with Crippen LogP contribution in [0, 0.1) is 37.0 Å². The first-order chi connectivity index (χ1) is 12.5. The summed E-state index contributed by atoms with van der Waals surface area (Å²) in [5.41, 5.74) is 3.28. The number of aryl methyl sites for hydroxylation is 2. The average Bonchev–Trinajstić information content (AvgIpc) is 2.91. The lowest BCUT2D eigenvalue weighted by Crippen LogP contribution is -2.53. The van der Waals surface area contributed by atoms with Crippen molar-refractivity contribution in [1.82, 2.24) is 14.7 Å². The van der Waals surface area contributed by atoms with Crippen LogP contribution in [0.1, 0.15) is 68.8 Å². The van der Waals surface area contributed by atoms with Crippen LogP contribution in [0.25, 0.3) is 0 Å². The highest BCUT2D eigenvalue weighted by molar-refractivity contribution is 5.77. The molecule has 1 aliphatic carbocycles. The van der Waals surface area contributed by atoms with E-state index in [0.29, 0.717) is 43.2 Å². The number of carbonyl (C=O) groups is 1. The molecule has 5 nitrogen and oxygen atoms in total. The van der Waals surface area contributed by atoms with Gasteiger partial charge in [0.2, 0.25) is 5.91 Å². The Labute approximate surface area is 157 Å². The number of likely N-dealkylation sites (tertiary alicyclic amines) is 1. The maximum atomic E-state index is 13.0. The van der Waals surface area contributed by atoms with Gasteiger partial charge in [0, 0.05) is 24.7 Å². The molecule has 142 valence electrons. The largest absolute Gasteiger partial charge is 0.339 e. The number of carbonyl (C=O) groups excluding carboxylic acids is 1. The predicted molar refractivity (Wildman–Crippen MR) is 101 cm³/mol. The minimum Gasteiger partial charge on any atom is -0.339 e. The lowest BCUT2D eigenvalue weighted by atomic mass is 9.73. The number of piperidine rings is 1. The van der Waals surface area contributed by atoms with Crippen molar-refractivity contribution in [2.45, 2.75) is 84.7 Å². The van der Waals surface area contributed by atoms with E-state index < -0.39 is 0 Å². The number of nitriles is 1. The van der Waals surface area contributed by atoms with Crippen molar-refractivity contribution in [3.05, 3.63) is 17.0 Å². The fourth-order valence-corrected chi connectivity index (χ4v) is 5.19. The fourth-order valence-electron chi connectivity index (χ4n) is 5.19. The smallest absolute Gasteiger partial charge is 0.223 e. The van der Waals surface area contributed by atoms with Crippen molar-refractivity contribution in [3.63, 3.8) is 0 Å². The second kappa shape index (κ2) is 8.24. The van der Waals surface area contributed by atoms with Crippen LogP contribution in [0.3, 0.4) is 0 Å². The maximum Gasteiger partial charge on any atom is 0.223 e. The zero-order valence-corrected chi connectivity index (χ0v) is 16.5. The van der Waals surface area contributed by atoms with Crippen LogP contribution in [0.5, 0.6) is 0 Å². The van der Waals surface area contributed by atoms with Gasteiger partial charge in [-0.05, 0) is 63.4 Å². The standard InChI is InChI=1S/C21H32N4O/c1-15-7-4-8-18-9-5-13-24(21(15)18)20(26)11-10-19-16(2)23-25(17(19)3)14-6-12-22/h15,18,21H,4-11,13-14H2,1-3H3/t15-,18-,21-/m0/s1. The molecule has 3 atom stereocenters. The maximum absolute atomic E-state index is 13.0. The molecule has 5 heteroatoms. The molecule has 2 fully saturated rings. The van der Waals surface area contributed by atoms with Crippen LogP contribution in [-0.4, -0.2) is 33.2 Å². The van der Waals surface area contributed by atoms with Gasteiger partial charge in [0.15, 0.2) is 0 Å². The van der Waals surface area contributed by atoms with Crippen LogP contribution in [0.2, 0.25) is 0 Å². The summed E-state index contributed by atoms with van der Waals surface area (Å²) >= 11 is 0. The zero-order valence-electron chi connectivity index (χ0n) is 16.5. The lowest BCUT2D eigenvalue weighted by Gasteiger charge is -2.47. The molecule has 2 aliphatic rings. The minimum atomic E-state index is 0.317. The Hall–Kier alpha value is -1.83. The summed E-state index contributed by atoms with van der Waals surface area (Å²) < 4.78 is 1.92. The average molecular weight is 357 g/mol. The third-order valence-electron chi connectivity index (χ3n) is 6.51. The van der Waals surface area contributed by atoms with Gasteiger partial charge in [-0.15, -0.1) is 0 Å². The van der Waals surface area contributed by atoms with Gasteiger partial charge < -0.3 is 4.90 Å². The van der Waals surface area contributed by atoms with E-state index in [1.54, 1.807) is 0 Å². The summed E-state index contributed by atoms with van der Waals surface area (Å²) in [6, 6.07) is 2.64. The van der Waals surface area contributed by atoms with Crippen molar-refractivity contribution < 1.29 is 4.79 Å². The van der Waals surface area contributed by atoms with E-state index in [9.17, 15) is 4.79 Å². The van der Waals surface area contributed by atoms with Crippen LogP contribution in [-0.2, 0) is 17.8 Å². The summed E-state index contributed by atoms with van der Waals surface area (Å²) in [7, 11) is 0. The van der Waals surface area contributed by atoms with E-state index in [4.69, 9.17) is 5.26 Å². The molecule has 26 heavy (non-hydrogen) atoms. The highest BCUT2D eigenvalue weighted by Gasteiger charge is 2.39. The molecule has 0 spiro atoms.